The number of ether oxygens (including phenoxy) is 2. The van der Waals surface area contributed by atoms with Crippen molar-refractivity contribution >= 4 is 11.9 Å². The highest BCUT2D eigenvalue weighted by Crippen LogP contribution is 2.15. The molecule has 160 valence electrons. The van der Waals surface area contributed by atoms with Gasteiger partial charge < -0.3 is 25.0 Å². The molecule has 2 aliphatic rings. The largest absolute Gasteiger partial charge is 0.379 e. The van der Waals surface area contributed by atoms with E-state index in [0.717, 1.165) is 57.9 Å². The van der Waals surface area contributed by atoms with Gasteiger partial charge in [-0.25, -0.2) is 0 Å². The van der Waals surface area contributed by atoms with E-state index in [1.807, 2.05) is 4.90 Å². The van der Waals surface area contributed by atoms with Crippen molar-refractivity contribution in [2.24, 2.45) is 4.99 Å². The number of amides is 1. The summed E-state index contributed by atoms with van der Waals surface area (Å²) in [6.07, 6.45) is 5.13. The molecule has 0 bridgehead atoms. The lowest BCUT2D eigenvalue weighted by Gasteiger charge is -2.16. The minimum atomic E-state index is 0.262. The van der Waals surface area contributed by atoms with Gasteiger partial charge in [-0.15, -0.1) is 0 Å². The summed E-state index contributed by atoms with van der Waals surface area (Å²) < 4.78 is 11.2. The Morgan fingerprint density at radius 2 is 2.21 bits per heavy atom. The summed E-state index contributed by atoms with van der Waals surface area (Å²) in [7, 11) is 1.78. The van der Waals surface area contributed by atoms with Crippen LogP contribution in [0.1, 0.15) is 43.2 Å². The van der Waals surface area contributed by atoms with Crippen molar-refractivity contribution in [2.75, 3.05) is 40.0 Å². The van der Waals surface area contributed by atoms with Gasteiger partial charge in [-0.2, -0.15) is 0 Å². The molecule has 0 aliphatic carbocycles. The Morgan fingerprint density at radius 3 is 2.97 bits per heavy atom. The minimum Gasteiger partial charge on any atom is -0.379 e. The van der Waals surface area contributed by atoms with Crippen molar-refractivity contribution in [1.29, 1.82) is 0 Å². The molecular formula is C22H34N4O3. The smallest absolute Gasteiger partial charge is 0.222 e. The Kier molecular flexibility index (Phi) is 8.77. The molecule has 1 aromatic carbocycles. The Bertz CT molecular complexity index is 674. The standard InChI is InChI=1S/C22H34N4O3/c1-23-22(24-10-5-12-28-17-20-8-4-13-29-20)25-15-18-6-2-7-19(14-18)16-26-11-3-9-21(26)27/h2,6-7,14,20H,3-5,8-13,15-17H2,1H3,(H2,23,24,25). The molecule has 1 atom stereocenters. The highest BCUT2D eigenvalue weighted by molar-refractivity contribution is 5.79. The average Bonchev–Trinajstić information content (AvgIpc) is 3.39. The Hall–Kier alpha value is -2.12. The molecule has 0 aromatic heterocycles. The maximum atomic E-state index is 11.8. The van der Waals surface area contributed by atoms with E-state index in [1.54, 1.807) is 7.05 Å². The van der Waals surface area contributed by atoms with Crippen LogP contribution < -0.4 is 10.6 Å². The van der Waals surface area contributed by atoms with Crippen molar-refractivity contribution in [3.8, 4) is 0 Å². The zero-order valence-corrected chi connectivity index (χ0v) is 17.5. The number of guanidine groups is 1. The van der Waals surface area contributed by atoms with Crippen molar-refractivity contribution < 1.29 is 14.3 Å². The van der Waals surface area contributed by atoms with Gasteiger partial charge in [0.2, 0.25) is 5.91 Å². The summed E-state index contributed by atoms with van der Waals surface area (Å²) in [6, 6.07) is 8.38. The molecule has 2 N–H and O–H groups in total. The van der Waals surface area contributed by atoms with Crippen LogP contribution in [0.5, 0.6) is 0 Å². The third-order valence-corrected chi connectivity index (χ3v) is 5.31. The first kappa shape index (κ1) is 21.6. The van der Waals surface area contributed by atoms with Crippen molar-refractivity contribution in [2.45, 2.75) is 51.3 Å². The van der Waals surface area contributed by atoms with Crippen LogP contribution in [0.15, 0.2) is 29.3 Å². The van der Waals surface area contributed by atoms with E-state index in [2.05, 4.69) is 39.9 Å². The highest BCUT2D eigenvalue weighted by atomic mass is 16.5. The van der Waals surface area contributed by atoms with E-state index in [0.29, 0.717) is 26.1 Å². The maximum Gasteiger partial charge on any atom is 0.222 e. The topological polar surface area (TPSA) is 75.2 Å². The fourth-order valence-electron chi connectivity index (χ4n) is 3.71. The summed E-state index contributed by atoms with van der Waals surface area (Å²) >= 11 is 0. The molecule has 7 nitrogen and oxygen atoms in total. The summed E-state index contributed by atoms with van der Waals surface area (Å²) in [4.78, 5) is 18.0. The van der Waals surface area contributed by atoms with E-state index < -0.39 is 0 Å². The third-order valence-electron chi connectivity index (χ3n) is 5.31. The molecule has 1 unspecified atom stereocenters. The first-order valence-electron chi connectivity index (χ1n) is 10.7. The van der Waals surface area contributed by atoms with E-state index in [1.165, 1.54) is 11.1 Å². The normalized spacial score (nSPS) is 19.8. The van der Waals surface area contributed by atoms with Gasteiger partial charge in [0.1, 0.15) is 0 Å². The monoisotopic (exact) mass is 402 g/mol. The molecule has 2 saturated heterocycles. The van der Waals surface area contributed by atoms with Crippen LogP contribution in [0.2, 0.25) is 0 Å². The van der Waals surface area contributed by atoms with Gasteiger partial charge in [-0.05, 0) is 36.8 Å². The molecule has 2 aliphatic heterocycles. The number of carbonyl (C=O) groups is 1. The Morgan fingerprint density at radius 1 is 1.31 bits per heavy atom. The molecule has 3 rings (SSSR count). The van der Waals surface area contributed by atoms with E-state index in [9.17, 15) is 4.79 Å². The van der Waals surface area contributed by atoms with Gasteiger partial charge in [-0.3, -0.25) is 9.79 Å². The number of nitrogens with one attached hydrogen (secondary N) is 2. The number of hydrogen-bond acceptors (Lipinski definition) is 4. The second kappa shape index (κ2) is 11.8. The number of rotatable bonds is 10. The summed E-state index contributed by atoms with van der Waals surface area (Å²) in [5.74, 6) is 1.04. The molecule has 2 fully saturated rings. The zero-order valence-electron chi connectivity index (χ0n) is 17.5. The molecule has 0 saturated carbocycles. The number of hydrogen-bond donors (Lipinski definition) is 2. The molecule has 0 radical (unpaired) electrons. The number of benzene rings is 1. The highest BCUT2D eigenvalue weighted by Gasteiger charge is 2.20. The van der Waals surface area contributed by atoms with Crippen LogP contribution in [0, 0.1) is 0 Å². The third kappa shape index (κ3) is 7.33. The first-order valence-corrected chi connectivity index (χ1v) is 10.7. The quantitative estimate of drug-likeness (QED) is 0.356. The first-order chi connectivity index (χ1) is 14.2. The van der Waals surface area contributed by atoms with Crippen LogP contribution in [-0.2, 0) is 27.4 Å². The van der Waals surface area contributed by atoms with E-state index in [4.69, 9.17) is 9.47 Å². The van der Waals surface area contributed by atoms with Gasteiger partial charge in [0.15, 0.2) is 5.96 Å². The van der Waals surface area contributed by atoms with Gasteiger partial charge in [0, 0.05) is 52.9 Å². The van der Waals surface area contributed by atoms with Crippen molar-refractivity contribution in [1.82, 2.24) is 15.5 Å². The lowest BCUT2D eigenvalue weighted by molar-refractivity contribution is -0.128. The van der Waals surface area contributed by atoms with Gasteiger partial charge >= 0.3 is 0 Å². The predicted molar refractivity (Wildman–Crippen MR) is 114 cm³/mol. The Balaban J connectivity index is 1.32. The minimum absolute atomic E-state index is 0.262. The van der Waals surface area contributed by atoms with Gasteiger partial charge in [0.25, 0.3) is 0 Å². The fourth-order valence-corrected chi connectivity index (χ4v) is 3.71. The van der Waals surface area contributed by atoms with Crippen molar-refractivity contribution in [3.63, 3.8) is 0 Å². The number of aliphatic imine (C=N–C) groups is 1. The molecule has 0 spiro atoms. The van der Waals surface area contributed by atoms with Crippen LogP contribution in [-0.4, -0.2) is 62.8 Å². The molecule has 1 aromatic rings. The van der Waals surface area contributed by atoms with Crippen molar-refractivity contribution in [3.05, 3.63) is 35.4 Å². The van der Waals surface area contributed by atoms with Crippen LogP contribution in [0.4, 0.5) is 0 Å². The van der Waals surface area contributed by atoms with Gasteiger partial charge in [-0.1, -0.05) is 24.3 Å². The number of likely N-dealkylation sites (tertiary alicyclic amines) is 1. The summed E-state index contributed by atoms with van der Waals surface area (Å²) in [6.45, 7) is 5.37. The molecular weight excluding hydrogens is 368 g/mol. The number of carbonyl (C=O) groups excluding carboxylic acids is 1. The summed E-state index contributed by atoms with van der Waals surface area (Å²) in [5.41, 5.74) is 2.35. The van der Waals surface area contributed by atoms with Gasteiger partial charge in [0.05, 0.1) is 12.7 Å². The SMILES string of the molecule is CN=C(NCCCOCC1CCCO1)NCc1cccc(CN2CCCC2=O)c1. The maximum absolute atomic E-state index is 11.8. The lowest BCUT2D eigenvalue weighted by Crippen LogP contribution is -2.37. The lowest BCUT2D eigenvalue weighted by atomic mass is 10.1. The average molecular weight is 403 g/mol. The second-order valence-electron chi connectivity index (χ2n) is 7.65. The van der Waals surface area contributed by atoms with Crippen LogP contribution >= 0.6 is 0 Å². The second-order valence-corrected chi connectivity index (χ2v) is 7.65. The fraction of sp³-hybridized carbons (Fsp3) is 0.636. The molecule has 7 heteroatoms. The Labute approximate surface area is 173 Å². The zero-order chi connectivity index (χ0) is 20.3. The summed E-state index contributed by atoms with van der Waals surface area (Å²) in [5, 5.41) is 6.67. The van der Waals surface area contributed by atoms with Crippen LogP contribution in [0.3, 0.4) is 0 Å². The van der Waals surface area contributed by atoms with E-state index >= 15 is 0 Å². The molecule has 2 heterocycles. The molecule has 29 heavy (non-hydrogen) atoms. The predicted octanol–water partition coefficient (Wildman–Crippen LogP) is 2.06. The number of nitrogens with zero attached hydrogens (tertiary/aromatic N) is 2. The van der Waals surface area contributed by atoms with Crippen LogP contribution in [0.25, 0.3) is 0 Å². The molecule has 1 amide bonds. The van der Waals surface area contributed by atoms with E-state index in [-0.39, 0.29) is 12.0 Å².